The van der Waals surface area contributed by atoms with Crippen molar-refractivity contribution in [3.63, 3.8) is 0 Å². The number of rotatable bonds is 4. The number of ether oxygens (including phenoxy) is 2. The fourth-order valence-electron chi connectivity index (χ4n) is 7.50. The Balaban J connectivity index is 1.74. The zero-order valence-corrected chi connectivity index (χ0v) is 17.4. The van der Waals surface area contributed by atoms with Crippen LogP contribution in [0.4, 0.5) is 4.39 Å². The number of methoxy groups -OCH3 is 2. The molecule has 0 aromatic carbocycles. The summed E-state index contributed by atoms with van der Waals surface area (Å²) >= 11 is 0. The number of halogens is 1. The van der Waals surface area contributed by atoms with Gasteiger partial charge < -0.3 is 9.47 Å². The van der Waals surface area contributed by atoms with Gasteiger partial charge in [0.15, 0.2) is 5.79 Å². The van der Waals surface area contributed by atoms with E-state index in [2.05, 4.69) is 13.8 Å². The summed E-state index contributed by atoms with van der Waals surface area (Å²) in [5, 5.41) is 0. The van der Waals surface area contributed by atoms with Gasteiger partial charge in [-0.05, 0) is 61.7 Å². The average Bonchev–Trinajstić information content (AvgIpc) is 2.95. The highest BCUT2D eigenvalue weighted by atomic mass is 19.1. The van der Waals surface area contributed by atoms with Gasteiger partial charge in [0.05, 0.1) is 6.67 Å². The van der Waals surface area contributed by atoms with Crippen LogP contribution >= 0.6 is 0 Å². The minimum atomic E-state index is -0.493. The van der Waals surface area contributed by atoms with Gasteiger partial charge in [-0.2, -0.15) is 0 Å². The Bertz CT molecular complexity index is 638. The first kappa shape index (κ1) is 19.6. The molecule has 4 unspecified atom stereocenters. The summed E-state index contributed by atoms with van der Waals surface area (Å²) in [5.41, 5.74) is 2.85. The van der Waals surface area contributed by atoms with Crippen LogP contribution in [0.1, 0.15) is 65.2 Å². The molecule has 3 nitrogen and oxygen atoms in total. The predicted molar refractivity (Wildman–Crippen MR) is 103 cm³/mol. The summed E-state index contributed by atoms with van der Waals surface area (Å²) in [7, 11) is 3.48. The molecular formula is C23H35FO3. The molecule has 6 atom stereocenters. The molecule has 4 heteroatoms. The Morgan fingerprint density at radius 3 is 2.63 bits per heavy atom. The van der Waals surface area contributed by atoms with Crippen molar-refractivity contribution in [1.82, 2.24) is 0 Å². The zero-order chi connectivity index (χ0) is 19.4. The van der Waals surface area contributed by atoms with E-state index in [-0.39, 0.29) is 12.1 Å². The van der Waals surface area contributed by atoms with E-state index in [1.807, 2.05) is 0 Å². The molecule has 0 heterocycles. The van der Waals surface area contributed by atoms with E-state index in [0.29, 0.717) is 41.8 Å². The Labute approximate surface area is 163 Å². The summed E-state index contributed by atoms with van der Waals surface area (Å²) < 4.78 is 25.0. The number of hydrogen-bond donors (Lipinski definition) is 0. The number of carbonyl (C=O) groups is 1. The highest BCUT2D eigenvalue weighted by molar-refractivity contribution is 5.87. The second-order valence-electron chi connectivity index (χ2n) is 9.84. The van der Waals surface area contributed by atoms with E-state index in [1.54, 1.807) is 19.8 Å². The smallest absolute Gasteiger partial charge is 0.171 e. The van der Waals surface area contributed by atoms with Crippen molar-refractivity contribution < 1.29 is 18.7 Å². The molecule has 0 aromatic heterocycles. The molecule has 0 saturated heterocycles. The number of alkyl halides is 1. The predicted octanol–water partition coefficient (Wildman–Crippen LogP) is 5.09. The van der Waals surface area contributed by atoms with Crippen LogP contribution in [0.5, 0.6) is 0 Å². The lowest BCUT2D eigenvalue weighted by atomic mass is 9.48. The van der Waals surface area contributed by atoms with Gasteiger partial charge in [0.1, 0.15) is 5.78 Å². The van der Waals surface area contributed by atoms with Gasteiger partial charge in [-0.1, -0.05) is 25.0 Å². The van der Waals surface area contributed by atoms with E-state index < -0.39 is 5.79 Å². The molecule has 0 amide bonds. The summed E-state index contributed by atoms with van der Waals surface area (Å²) in [6, 6.07) is 0. The van der Waals surface area contributed by atoms with Crippen LogP contribution in [0.3, 0.4) is 0 Å². The largest absolute Gasteiger partial charge is 0.353 e. The summed E-state index contributed by atoms with van der Waals surface area (Å²) in [6.07, 6.45) is 7.02. The van der Waals surface area contributed by atoms with Crippen molar-refractivity contribution in [2.75, 3.05) is 20.9 Å². The highest BCUT2D eigenvalue weighted by Gasteiger charge is 2.60. The van der Waals surface area contributed by atoms with Crippen LogP contribution in [0.2, 0.25) is 0 Å². The van der Waals surface area contributed by atoms with E-state index in [0.717, 1.165) is 44.9 Å². The first-order chi connectivity index (χ1) is 12.9. The molecule has 0 radical (unpaired) electrons. The fourth-order valence-corrected chi connectivity index (χ4v) is 7.50. The number of Topliss-reactive ketones (excluding diaryl/α,β-unsaturated/α-hetero) is 1. The normalized spacial score (nSPS) is 43.3. The van der Waals surface area contributed by atoms with Gasteiger partial charge in [0, 0.05) is 38.9 Å². The summed E-state index contributed by atoms with van der Waals surface area (Å²) in [4.78, 5) is 12.8. The van der Waals surface area contributed by atoms with Gasteiger partial charge in [-0.3, -0.25) is 9.18 Å². The molecule has 152 valence electrons. The van der Waals surface area contributed by atoms with Gasteiger partial charge in [-0.15, -0.1) is 0 Å². The first-order valence-corrected chi connectivity index (χ1v) is 10.8. The van der Waals surface area contributed by atoms with Crippen molar-refractivity contribution in [2.45, 2.75) is 71.0 Å². The maximum atomic E-state index is 13.5. The number of hydrogen-bond acceptors (Lipinski definition) is 3. The lowest BCUT2D eigenvalue weighted by Gasteiger charge is -2.56. The minimum absolute atomic E-state index is 0.217. The zero-order valence-electron chi connectivity index (χ0n) is 17.4. The van der Waals surface area contributed by atoms with E-state index >= 15 is 0 Å². The molecule has 27 heavy (non-hydrogen) atoms. The van der Waals surface area contributed by atoms with Gasteiger partial charge >= 0.3 is 0 Å². The molecule has 2 saturated carbocycles. The Kier molecular flexibility index (Phi) is 5.04. The third kappa shape index (κ3) is 2.85. The standard InChI is InChI=1S/C23H35FO3/c1-14-11-16-13-23(26-3,27-4)9-7-17(16)21-15(8-10-24)12-22(2)18(20(14)21)5-6-19(22)25/h14-15,18,20-21H,5-13H2,1-4H3/t14?,15-,18?,20?,21?,22-/m0/s1. The topological polar surface area (TPSA) is 35.5 Å². The second-order valence-corrected chi connectivity index (χ2v) is 9.84. The van der Waals surface area contributed by atoms with Crippen LogP contribution < -0.4 is 0 Å². The number of fused-ring (bicyclic) bond motifs is 4. The number of carbonyl (C=O) groups excluding carboxylic acids is 1. The molecule has 0 aromatic rings. The minimum Gasteiger partial charge on any atom is -0.353 e. The van der Waals surface area contributed by atoms with Crippen LogP contribution in [0, 0.1) is 35.0 Å². The van der Waals surface area contributed by atoms with E-state index in [9.17, 15) is 9.18 Å². The van der Waals surface area contributed by atoms with Crippen molar-refractivity contribution >= 4 is 5.78 Å². The lowest BCUT2D eigenvalue weighted by Crippen LogP contribution is -2.52. The maximum absolute atomic E-state index is 13.5. The van der Waals surface area contributed by atoms with Gasteiger partial charge in [-0.25, -0.2) is 0 Å². The van der Waals surface area contributed by atoms with Crippen LogP contribution in [-0.2, 0) is 14.3 Å². The summed E-state index contributed by atoms with van der Waals surface area (Å²) in [6.45, 7) is 4.27. The Morgan fingerprint density at radius 2 is 1.96 bits per heavy atom. The fraction of sp³-hybridized carbons (Fsp3) is 0.870. The summed E-state index contributed by atoms with van der Waals surface area (Å²) in [5.74, 6) is 2.24. The first-order valence-electron chi connectivity index (χ1n) is 10.8. The quantitative estimate of drug-likeness (QED) is 0.505. The third-order valence-corrected chi connectivity index (χ3v) is 8.77. The van der Waals surface area contributed by atoms with Gasteiger partial charge in [0.2, 0.25) is 0 Å². The molecule has 2 fully saturated rings. The van der Waals surface area contributed by atoms with Crippen molar-refractivity contribution in [2.24, 2.45) is 35.0 Å². The SMILES string of the molecule is COC1(OC)CCC2=C(CC(C)C3C2[C@@H](CCF)C[C@]2(C)C(=O)CCC32)C1. The highest BCUT2D eigenvalue weighted by Crippen LogP contribution is 2.64. The van der Waals surface area contributed by atoms with Crippen LogP contribution in [0.25, 0.3) is 0 Å². The van der Waals surface area contributed by atoms with Crippen molar-refractivity contribution in [3.8, 4) is 0 Å². The molecular weight excluding hydrogens is 343 g/mol. The maximum Gasteiger partial charge on any atom is 0.171 e. The molecule has 4 aliphatic rings. The average molecular weight is 379 g/mol. The monoisotopic (exact) mass is 378 g/mol. The number of allylic oxidation sites excluding steroid dienone is 1. The molecule has 4 rings (SSSR count). The molecule has 0 aliphatic heterocycles. The molecule has 4 aliphatic carbocycles. The molecule has 0 bridgehead atoms. The molecule has 0 spiro atoms. The van der Waals surface area contributed by atoms with E-state index in [1.165, 1.54) is 5.57 Å². The Hall–Kier alpha value is -0.740. The number of ketones is 1. The van der Waals surface area contributed by atoms with Crippen LogP contribution in [0.15, 0.2) is 11.1 Å². The molecule has 0 N–H and O–H groups in total. The van der Waals surface area contributed by atoms with Crippen LogP contribution in [-0.4, -0.2) is 32.5 Å². The third-order valence-electron chi connectivity index (χ3n) is 8.77. The lowest BCUT2D eigenvalue weighted by molar-refractivity contribution is -0.214. The van der Waals surface area contributed by atoms with Crippen molar-refractivity contribution in [1.29, 1.82) is 0 Å². The van der Waals surface area contributed by atoms with E-state index in [4.69, 9.17) is 9.47 Å². The Morgan fingerprint density at radius 1 is 1.22 bits per heavy atom. The second kappa shape index (κ2) is 6.95. The van der Waals surface area contributed by atoms with Crippen molar-refractivity contribution in [3.05, 3.63) is 11.1 Å². The van der Waals surface area contributed by atoms with Gasteiger partial charge in [0.25, 0.3) is 0 Å².